The number of aromatic amines is 1. The molecular formula is C11H15BrN2O7. The van der Waals surface area contributed by atoms with E-state index in [0.29, 0.717) is 11.9 Å². The van der Waals surface area contributed by atoms with Gasteiger partial charge in [-0.05, 0) is 0 Å². The Morgan fingerprint density at radius 1 is 1.33 bits per heavy atom. The van der Waals surface area contributed by atoms with E-state index in [1.165, 1.54) is 6.20 Å². The Hall–Kier alpha value is -1.04. The molecule has 0 spiro atoms. The average molecular weight is 367 g/mol. The Balaban J connectivity index is 2.05. The van der Waals surface area contributed by atoms with Crippen molar-refractivity contribution in [1.29, 1.82) is 0 Å². The molecule has 0 unspecified atom stereocenters. The molecule has 2 rings (SSSR count). The molecule has 9 nitrogen and oxygen atoms in total. The van der Waals surface area contributed by atoms with Crippen LogP contribution in [-0.4, -0.2) is 56.6 Å². The van der Waals surface area contributed by atoms with E-state index >= 15 is 0 Å². The smallest absolute Gasteiger partial charge is 0.330 e. The molecule has 3 N–H and O–H groups in total. The fourth-order valence-electron chi connectivity index (χ4n) is 1.93. The molecule has 4 atom stereocenters. The van der Waals surface area contributed by atoms with Gasteiger partial charge in [0.05, 0.1) is 6.61 Å². The van der Waals surface area contributed by atoms with Crippen molar-refractivity contribution < 1.29 is 24.7 Å². The standard InChI is InChI=1S/C11H15BrN2O7/c12-2-4-19-20-5-6-8(16)9(17)10(21-6)14-3-1-7(15)13-11(14)18/h1,3,6,8-10,16-17H,2,4-5H2,(H,13,15,18)/t6-,8-,9-,10-/m1/s1. The third-order valence-electron chi connectivity index (χ3n) is 2.94. The zero-order valence-corrected chi connectivity index (χ0v) is 12.4. The molecule has 21 heavy (non-hydrogen) atoms. The van der Waals surface area contributed by atoms with Gasteiger partial charge in [0.2, 0.25) is 0 Å². The maximum atomic E-state index is 11.7. The molecule has 0 amide bonds. The van der Waals surface area contributed by atoms with E-state index in [1.807, 2.05) is 4.98 Å². The summed E-state index contributed by atoms with van der Waals surface area (Å²) in [6.07, 6.45) is -3.38. The predicted octanol–water partition coefficient (Wildman–Crippen LogP) is -1.50. The Kier molecular flexibility index (Phi) is 5.67. The van der Waals surface area contributed by atoms with Crippen LogP contribution in [0.25, 0.3) is 0 Å². The van der Waals surface area contributed by atoms with Gasteiger partial charge >= 0.3 is 5.69 Å². The van der Waals surface area contributed by atoms with Gasteiger partial charge in [0, 0.05) is 17.6 Å². The third kappa shape index (κ3) is 3.78. The highest BCUT2D eigenvalue weighted by molar-refractivity contribution is 9.09. The van der Waals surface area contributed by atoms with Gasteiger partial charge in [-0.3, -0.25) is 14.3 Å². The molecule has 1 aliphatic heterocycles. The summed E-state index contributed by atoms with van der Waals surface area (Å²) < 4.78 is 6.39. The van der Waals surface area contributed by atoms with E-state index in [4.69, 9.17) is 14.5 Å². The van der Waals surface area contributed by atoms with Crippen LogP contribution in [0.4, 0.5) is 0 Å². The van der Waals surface area contributed by atoms with Gasteiger partial charge in [-0.2, -0.15) is 0 Å². The maximum Gasteiger partial charge on any atom is 0.330 e. The van der Waals surface area contributed by atoms with Gasteiger partial charge < -0.3 is 14.9 Å². The Morgan fingerprint density at radius 2 is 2.10 bits per heavy atom. The molecule has 0 aromatic carbocycles. The van der Waals surface area contributed by atoms with Crippen molar-refractivity contribution in [3.05, 3.63) is 33.1 Å². The number of nitrogens with one attached hydrogen (secondary N) is 1. The predicted molar refractivity (Wildman–Crippen MR) is 72.9 cm³/mol. The fraction of sp³-hybridized carbons (Fsp3) is 0.636. The number of nitrogens with zero attached hydrogens (tertiary/aromatic N) is 1. The summed E-state index contributed by atoms with van der Waals surface area (Å²) in [5.41, 5.74) is -1.30. The summed E-state index contributed by atoms with van der Waals surface area (Å²) in [6, 6.07) is 1.12. The summed E-state index contributed by atoms with van der Waals surface area (Å²) in [7, 11) is 0. The molecule has 2 heterocycles. The van der Waals surface area contributed by atoms with E-state index in [-0.39, 0.29) is 6.61 Å². The van der Waals surface area contributed by atoms with E-state index < -0.39 is 35.8 Å². The first-order valence-electron chi connectivity index (χ1n) is 6.18. The molecule has 1 aromatic heterocycles. The molecule has 0 aliphatic carbocycles. The van der Waals surface area contributed by atoms with Crippen molar-refractivity contribution in [3.63, 3.8) is 0 Å². The summed E-state index contributed by atoms with van der Waals surface area (Å²) in [5.74, 6) is 0. The van der Waals surface area contributed by atoms with Crippen LogP contribution in [0.2, 0.25) is 0 Å². The zero-order chi connectivity index (χ0) is 15.4. The molecule has 0 radical (unpaired) electrons. The third-order valence-corrected chi connectivity index (χ3v) is 3.26. The van der Waals surface area contributed by atoms with E-state index in [9.17, 15) is 19.8 Å². The summed E-state index contributed by atoms with van der Waals surface area (Å²) >= 11 is 3.15. The Morgan fingerprint density at radius 3 is 2.76 bits per heavy atom. The number of aromatic nitrogens is 2. The molecule has 0 saturated carbocycles. The van der Waals surface area contributed by atoms with Crippen LogP contribution in [0.1, 0.15) is 6.23 Å². The van der Waals surface area contributed by atoms with Gasteiger partial charge in [-0.15, -0.1) is 0 Å². The second-order valence-corrected chi connectivity index (χ2v) is 5.15. The van der Waals surface area contributed by atoms with Crippen molar-refractivity contribution in [2.45, 2.75) is 24.5 Å². The number of ether oxygens (including phenoxy) is 1. The SMILES string of the molecule is O=c1ccn([C@@H]2O[C@H](COOCCBr)[C@@H](O)[C@H]2O)c(=O)[nH]1. The van der Waals surface area contributed by atoms with Crippen LogP contribution in [0.15, 0.2) is 21.9 Å². The molecule has 1 aromatic rings. The van der Waals surface area contributed by atoms with Crippen molar-refractivity contribution in [2.75, 3.05) is 18.5 Å². The molecule has 118 valence electrons. The van der Waals surface area contributed by atoms with Crippen molar-refractivity contribution >= 4 is 15.9 Å². The first kappa shape index (κ1) is 16.3. The average Bonchev–Trinajstić information content (AvgIpc) is 2.72. The number of rotatable bonds is 6. The number of alkyl halides is 1. The Labute approximate surface area is 127 Å². The van der Waals surface area contributed by atoms with E-state index in [2.05, 4.69) is 15.9 Å². The van der Waals surface area contributed by atoms with Crippen LogP contribution in [-0.2, 0) is 14.5 Å². The first-order valence-corrected chi connectivity index (χ1v) is 7.30. The van der Waals surface area contributed by atoms with Crippen LogP contribution >= 0.6 is 15.9 Å². The number of halogens is 1. The minimum absolute atomic E-state index is 0.111. The lowest BCUT2D eigenvalue weighted by molar-refractivity contribution is -0.306. The van der Waals surface area contributed by atoms with Crippen LogP contribution in [0, 0.1) is 0 Å². The highest BCUT2D eigenvalue weighted by Gasteiger charge is 2.44. The van der Waals surface area contributed by atoms with Crippen molar-refractivity contribution in [2.24, 2.45) is 0 Å². The lowest BCUT2D eigenvalue weighted by Crippen LogP contribution is -2.37. The molecular weight excluding hydrogens is 352 g/mol. The number of aliphatic hydroxyl groups excluding tert-OH is 2. The summed E-state index contributed by atoms with van der Waals surface area (Å²) in [6.45, 7) is 0.202. The minimum atomic E-state index is -1.33. The summed E-state index contributed by atoms with van der Waals surface area (Å²) in [5, 5.41) is 20.4. The minimum Gasteiger partial charge on any atom is -0.387 e. The normalized spacial score (nSPS) is 28.9. The molecule has 10 heteroatoms. The van der Waals surface area contributed by atoms with Gasteiger partial charge in [0.25, 0.3) is 5.56 Å². The molecule has 1 aliphatic rings. The van der Waals surface area contributed by atoms with Crippen molar-refractivity contribution in [3.8, 4) is 0 Å². The number of aliphatic hydroxyl groups is 2. The second kappa shape index (κ2) is 7.29. The second-order valence-electron chi connectivity index (χ2n) is 4.36. The lowest BCUT2D eigenvalue weighted by atomic mass is 10.1. The molecule has 1 saturated heterocycles. The van der Waals surface area contributed by atoms with E-state index in [0.717, 1.165) is 10.6 Å². The van der Waals surface area contributed by atoms with Gasteiger partial charge in [-0.25, -0.2) is 14.6 Å². The van der Waals surface area contributed by atoms with Crippen LogP contribution < -0.4 is 11.2 Å². The quantitative estimate of drug-likeness (QED) is 0.242. The van der Waals surface area contributed by atoms with Crippen LogP contribution in [0.3, 0.4) is 0 Å². The first-order chi connectivity index (χ1) is 10.0. The molecule has 1 fully saturated rings. The largest absolute Gasteiger partial charge is 0.387 e. The van der Waals surface area contributed by atoms with Crippen LogP contribution in [0.5, 0.6) is 0 Å². The monoisotopic (exact) mass is 366 g/mol. The summed E-state index contributed by atoms with van der Waals surface area (Å²) in [4.78, 5) is 34.3. The van der Waals surface area contributed by atoms with Gasteiger partial charge in [-0.1, -0.05) is 15.9 Å². The molecule has 0 bridgehead atoms. The van der Waals surface area contributed by atoms with E-state index in [1.54, 1.807) is 0 Å². The Bertz CT molecular complexity index is 574. The van der Waals surface area contributed by atoms with Gasteiger partial charge in [0.15, 0.2) is 6.23 Å². The highest BCUT2D eigenvalue weighted by Crippen LogP contribution is 2.28. The lowest BCUT2D eigenvalue weighted by Gasteiger charge is -2.16. The number of hydrogen-bond acceptors (Lipinski definition) is 7. The topological polar surface area (TPSA) is 123 Å². The maximum absolute atomic E-state index is 11.7. The fourth-order valence-corrected chi connectivity index (χ4v) is 2.06. The van der Waals surface area contributed by atoms with Gasteiger partial charge in [0.1, 0.15) is 24.9 Å². The van der Waals surface area contributed by atoms with Crippen molar-refractivity contribution in [1.82, 2.24) is 9.55 Å². The highest BCUT2D eigenvalue weighted by atomic mass is 79.9. The zero-order valence-electron chi connectivity index (χ0n) is 10.8. The number of hydrogen-bond donors (Lipinski definition) is 3. The number of H-pyrrole nitrogens is 1.